The van der Waals surface area contributed by atoms with Crippen LogP contribution in [0.1, 0.15) is 24.8 Å². The third-order valence-corrected chi connectivity index (χ3v) is 5.78. The second kappa shape index (κ2) is 8.39. The van der Waals surface area contributed by atoms with Crippen molar-refractivity contribution < 1.29 is 21.6 Å². The molecule has 1 aliphatic heterocycles. The minimum Gasteiger partial charge on any atom is -0.371 e. The van der Waals surface area contributed by atoms with Crippen LogP contribution < -0.4 is 9.21 Å². The summed E-state index contributed by atoms with van der Waals surface area (Å²) in [6, 6.07) is 4.11. The van der Waals surface area contributed by atoms with E-state index in [1.807, 2.05) is 11.8 Å². The molecule has 1 fully saturated rings. The maximum atomic E-state index is 13.4. The van der Waals surface area contributed by atoms with Gasteiger partial charge in [0, 0.05) is 18.8 Å². The first kappa shape index (κ1) is 20.5. The number of hydrogen-bond acceptors (Lipinski definition) is 8. The highest BCUT2D eigenvalue weighted by Crippen LogP contribution is 2.40. The normalized spacial score (nSPS) is 15.1. The van der Waals surface area contributed by atoms with Crippen molar-refractivity contribution in [3.63, 3.8) is 0 Å². The standard InChI is InChI=1S/C15H17F3N6O2S2/c1-2-13-20-22-14(27-13)21-19-11-6-5-10(23-7-3-4-8-23)9-12(11)24(28(25)26)15(16,17)18/h5-6,9,28H,2-4,7-8H2,1H3. The zero-order valence-corrected chi connectivity index (χ0v) is 16.5. The zero-order chi connectivity index (χ0) is 20.3. The Labute approximate surface area is 164 Å². The smallest absolute Gasteiger partial charge is 0.371 e. The molecule has 3 rings (SSSR count). The molecule has 28 heavy (non-hydrogen) atoms. The molecule has 2 aromatic rings. The first-order valence-corrected chi connectivity index (χ1v) is 10.4. The number of halogens is 3. The summed E-state index contributed by atoms with van der Waals surface area (Å²) in [6.07, 6.45) is -2.64. The molecular weight excluding hydrogens is 417 g/mol. The van der Waals surface area contributed by atoms with Crippen molar-refractivity contribution in [3.8, 4) is 0 Å². The molecule has 0 saturated carbocycles. The Bertz CT molecular complexity index is 930. The van der Waals surface area contributed by atoms with E-state index in [2.05, 4.69) is 20.4 Å². The topological polar surface area (TPSA) is 91.1 Å². The van der Waals surface area contributed by atoms with E-state index in [4.69, 9.17) is 0 Å². The summed E-state index contributed by atoms with van der Waals surface area (Å²) < 4.78 is 62.3. The van der Waals surface area contributed by atoms with Crippen molar-refractivity contribution in [3.05, 3.63) is 23.2 Å². The maximum Gasteiger partial charge on any atom is 0.498 e. The number of anilines is 2. The van der Waals surface area contributed by atoms with Crippen LogP contribution in [0.4, 0.5) is 35.4 Å². The van der Waals surface area contributed by atoms with Gasteiger partial charge < -0.3 is 4.90 Å². The van der Waals surface area contributed by atoms with Gasteiger partial charge in [0.1, 0.15) is 10.7 Å². The Morgan fingerprint density at radius 3 is 2.50 bits per heavy atom. The van der Waals surface area contributed by atoms with E-state index in [1.165, 1.54) is 12.1 Å². The summed E-state index contributed by atoms with van der Waals surface area (Å²) in [5, 5.41) is 16.2. The quantitative estimate of drug-likeness (QED) is 0.422. The van der Waals surface area contributed by atoms with Gasteiger partial charge in [-0.25, -0.2) is 8.42 Å². The fourth-order valence-electron chi connectivity index (χ4n) is 2.78. The van der Waals surface area contributed by atoms with Gasteiger partial charge in [-0.15, -0.1) is 33.6 Å². The van der Waals surface area contributed by atoms with E-state index < -0.39 is 27.2 Å². The molecule has 8 nitrogen and oxygen atoms in total. The molecule has 0 radical (unpaired) electrons. The van der Waals surface area contributed by atoms with Crippen LogP contribution in [0.15, 0.2) is 28.4 Å². The molecule has 0 unspecified atom stereocenters. The second-order valence-corrected chi connectivity index (χ2v) is 7.83. The minimum atomic E-state index is -5.12. The van der Waals surface area contributed by atoms with Gasteiger partial charge in [-0.05, 0) is 37.5 Å². The third kappa shape index (κ3) is 4.58. The summed E-state index contributed by atoms with van der Waals surface area (Å²) in [6.45, 7) is 3.27. The first-order chi connectivity index (χ1) is 13.3. The molecule has 1 aliphatic rings. The molecule has 13 heteroatoms. The van der Waals surface area contributed by atoms with Crippen LogP contribution in [0.25, 0.3) is 0 Å². The van der Waals surface area contributed by atoms with Crippen LogP contribution in [0.5, 0.6) is 0 Å². The van der Waals surface area contributed by atoms with Crippen LogP contribution in [-0.4, -0.2) is 38.0 Å². The average Bonchev–Trinajstić information content (AvgIpc) is 3.31. The molecule has 0 amide bonds. The van der Waals surface area contributed by atoms with Gasteiger partial charge in [-0.1, -0.05) is 18.3 Å². The lowest BCUT2D eigenvalue weighted by Gasteiger charge is -2.24. The van der Waals surface area contributed by atoms with Gasteiger partial charge in [0.15, 0.2) is 0 Å². The van der Waals surface area contributed by atoms with E-state index >= 15 is 0 Å². The number of aryl methyl sites for hydroxylation is 1. The zero-order valence-electron chi connectivity index (χ0n) is 14.8. The number of thiol groups is 1. The monoisotopic (exact) mass is 434 g/mol. The largest absolute Gasteiger partial charge is 0.498 e. The highest BCUT2D eigenvalue weighted by Gasteiger charge is 2.41. The summed E-state index contributed by atoms with van der Waals surface area (Å²) in [5.74, 6) is 0. The van der Waals surface area contributed by atoms with Crippen molar-refractivity contribution in [2.24, 2.45) is 10.2 Å². The number of azo groups is 1. The van der Waals surface area contributed by atoms with E-state index in [9.17, 15) is 21.6 Å². The van der Waals surface area contributed by atoms with Crippen molar-refractivity contribution >= 4 is 44.4 Å². The summed E-state index contributed by atoms with van der Waals surface area (Å²) in [4.78, 5) is 1.90. The van der Waals surface area contributed by atoms with Gasteiger partial charge in [0.25, 0.3) is 5.13 Å². The third-order valence-electron chi connectivity index (χ3n) is 4.06. The number of alkyl halides is 3. The molecular formula is C15H17F3N6O2S2. The fraction of sp³-hybridized carbons (Fsp3) is 0.467. The molecule has 1 aromatic heterocycles. The SMILES string of the molecule is CCc1nnc(N=Nc2ccc(N3CCCC3)cc2N([SH](=O)=O)C(F)(F)F)s1. The molecule has 152 valence electrons. The Morgan fingerprint density at radius 1 is 1.21 bits per heavy atom. The Morgan fingerprint density at radius 2 is 1.93 bits per heavy atom. The highest BCUT2D eigenvalue weighted by molar-refractivity contribution is 7.74. The minimum absolute atomic E-state index is 0.177. The average molecular weight is 434 g/mol. The Balaban J connectivity index is 2.04. The van der Waals surface area contributed by atoms with Gasteiger partial charge in [-0.2, -0.15) is 4.31 Å². The van der Waals surface area contributed by atoms with E-state index in [0.29, 0.717) is 30.2 Å². The van der Waals surface area contributed by atoms with Crippen LogP contribution in [0.2, 0.25) is 0 Å². The molecule has 0 bridgehead atoms. The van der Waals surface area contributed by atoms with Crippen LogP contribution in [0.3, 0.4) is 0 Å². The molecule has 0 aliphatic carbocycles. The fourth-order valence-corrected chi connectivity index (χ4v) is 3.90. The van der Waals surface area contributed by atoms with Crippen molar-refractivity contribution in [1.82, 2.24) is 10.2 Å². The van der Waals surface area contributed by atoms with E-state index in [1.54, 1.807) is 6.07 Å². The predicted octanol–water partition coefficient (Wildman–Crippen LogP) is 3.97. The van der Waals surface area contributed by atoms with Gasteiger partial charge in [-0.3, -0.25) is 0 Å². The summed E-state index contributed by atoms with van der Waals surface area (Å²) in [5.41, 5.74) is -0.327. The van der Waals surface area contributed by atoms with E-state index in [-0.39, 0.29) is 10.8 Å². The summed E-state index contributed by atoms with van der Waals surface area (Å²) in [7, 11) is -3.97. The molecule has 1 saturated heterocycles. The van der Waals surface area contributed by atoms with E-state index in [0.717, 1.165) is 24.2 Å². The number of benzene rings is 1. The lowest BCUT2D eigenvalue weighted by atomic mass is 10.2. The van der Waals surface area contributed by atoms with Crippen molar-refractivity contribution in [2.75, 3.05) is 22.3 Å². The Kier molecular flexibility index (Phi) is 6.13. The van der Waals surface area contributed by atoms with Crippen LogP contribution >= 0.6 is 11.3 Å². The molecule has 0 spiro atoms. The molecule has 1 aromatic carbocycles. The number of aromatic nitrogens is 2. The molecule has 0 N–H and O–H groups in total. The Hall–Kier alpha value is -2.28. The predicted molar refractivity (Wildman–Crippen MR) is 100 cm³/mol. The lowest BCUT2D eigenvalue weighted by Crippen LogP contribution is -2.36. The summed E-state index contributed by atoms with van der Waals surface area (Å²) >= 11 is 1.16. The second-order valence-electron chi connectivity index (χ2n) is 5.92. The number of hydrogen-bond donors (Lipinski definition) is 1. The lowest BCUT2D eigenvalue weighted by molar-refractivity contribution is -0.115. The maximum absolute atomic E-state index is 13.4. The molecule has 0 atom stereocenters. The van der Waals surface area contributed by atoms with Crippen molar-refractivity contribution in [1.29, 1.82) is 0 Å². The molecule has 2 heterocycles. The number of rotatable bonds is 6. The van der Waals surface area contributed by atoms with Crippen molar-refractivity contribution in [2.45, 2.75) is 32.5 Å². The highest BCUT2D eigenvalue weighted by atomic mass is 32.2. The van der Waals surface area contributed by atoms with Gasteiger partial charge >= 0.3 is 6.30 Å². The van der Waals surface area contributed by atoms with Gasteiger partial charge in [0.05, 0.1) is 5.69 Å². The number of nitrogens with zero attached hydrogens (tertiary/aromatic N) is 6. The van der Waals surface area contributed by atoms with Gasteiger partial charge in [0.2, 0.25) is 10.9 Å². The van der Waals surface area contributed by atoms with Crippen LogP contribution in [0, 0.1) is 0 Å². The first-order valence-electron chi connectivity index (χ1n) is 8.44. The van der Waals surface area contributed by atoms with Crippen LogP contribution in [-0.2, 0) is 17.3 Å².